The van der Waals surface area contributed by atoms with E-state index in [4.69, 9.17) is 4.74 Å². The molecule has 3 heterocycles. The number of imide groups is 1. The second-order valence-corrected chi connectivity index (χ2v) is 11.7. The normalized spacial score (nSPS) is 19.8. The van der Waals surface area contributed by atoms with Crippen LogP contribution in [0.3, 0.4) is 0 Å². The molecule has 2 amide bonds. The lowest BCUT2D eigenvalue weighted by Gasteiger charge is -2.29. The van der Waals surface area contributed by atoms with Crippen LogP contribution in [0.5, 0.6) is 0 Å². The van der Waals surface area contributed by atoms with Crippen LogP contribution in [0.15, 0.2) is 30.1 Å². The third-order valence-corrected chi connectivity index (χ3v) is 7.77. The molecule has 1 aliphatic carbocycles. The molecule has 0 spiro atoms. The summed E-state index contributed by atoms with van der Waals surface area (Å²) in [4.78, 5) is 31.5. The number of imidazole rings is 1. The highest BCUT2D eigenvalue weighted by Gasteiger charge is 2.32. The number of nitrogens with zero attached hydrogens (tertiary/aromatic N) is 3. The molecule has 36 heavy (non-hydrogen) atoms. The summed E-state index contributed by atoms with van der Waals surface area (Å²) in [5.41, 5.74) is 5.97. The predicted molar refractivity (Wildman–Crippen MR) is 141 cm³/mol. The number of hydrogen-bond donors (Lipinski definition) is 0. The quantitative estimate of drug-likeness (QED) is 0.465. The number of aryl methyl sites for hydroxylation is 2. The van der Waals surface area contributed by atoms with Crippen LogP contribution in [0.1, 0.15) is 94.7 Å². The molecule has 2 aliphatic heterocycles. The van der Waals surface area contributed by atoms with Gasteiger partial charge in [0.05, 0.1) is 17.1 Å². The smallest absolute Gasteiger partial charge is 0.417 e. The van der Waals surface area contributed by atoms with Gasteiger partial charge < -0.3 is 9.30 Å². The molecule has 1 aromatic heterocycles. The predicted octanol–water partition coefficient (Wildman–Crippen LogP) is 6.42. The molecule has 6 heteroatoms. The molecule has 2 aromatic rings. The first-order chi connectivity index (χ1) is 17.3. The van der Waals surface area contributed by atoms with Gasteiger partial charge in [-0.2, -0.15) is 0 Å². The van der Waals surface area contributed by atoms with E-state index in [0.717, 1.165) is 36.6 Å². The monoisotopic (exact) mass is 489 g/mol. The topological polar surface area (TPSA) is 64.4 Å². The van der Waals surface area contributed by atoms with Gasteiger partial charge in [-0.25, -0.2) is 14.7 Å². The summed E-state index contributed by atoms with van der Waals surface area (Å²) in [6.45, 7) is 5.82. The number of carbonyl (C=O) groups is 2. The van der Waals surface area contributed by atoms with E-state index in [-0.39, 0.29) is 5.91 Å². The first-order valence-electron chi connectivity index (χ1n) is 13.7. The van der Waals surface area contributed by atoms with Crippen molar-refractivity contribution in [1.82, 2.24) is 14.5 Å². The number of aromatic nitrogens is 2. The number of ether oxygens (including phenoxy) is 1. The molecule has 0 unspecified atom stereocenters. The molecule has 6 nitrogen and oxygen atoms in total. The van der Waals surface area contributed by atoms with E-state index in [1.165, 1.54) is 66.7 Å². The van der Waals surface area contributed by atoms with Gasteiger partial charge in [0.25, 0.3) is 5.91 Å². The molecule has 1 saturated carbocycles. The summed E-state index contributed by atoms with van der Waals surface area (Å²) in [6.07, 6.45) is 15.9. The Labute approximate surface area is 214 Å². The second-order valence-electron chi connectivity index (χ2n) is 11.7. The highest BCUT2D eigenvalue weighted by molar-refractivity contribution is 6.05. The van der Waals surface area contributed by atoms with Gasteiger partial charge in [-0.3, -0.25) is 4.79 Å². The van der Waals surface area contributed by atoms with Gasteiger partial charge in [-0.1, -0.05) is 44.2 Å². The molecule has 0 N–H and O–H groups in total. The number of piperidine rings is 1. The largest absolute Gasteiger partial charge is 0.443 e. The van der Waals surface area contributed by atoms with Crippen LogP contribution in [-0.4, -0.2) is 38.6 Å². The Bertz CT molecular complexity index is 1160. The third kappa shape index (κ3) is 5.42. The molecular weight excluding hydrogens is 450 g/mol. The van der Waals surface area contributed by atoms with Crippen molar-refractivity contribution in [3.63, 3.8) is 0 Å². The average Bonchev–Trinajstić information content (AvgIpc) is 3.26. The van der Waals surface area contributed by atoms with Crippen molar-refractivity contribution in [2.24, 2.45) is 5.92 Å². The molecule has 2 fully saturated rings. The highest BCUT2D eigenvalue weighted by Crippen LogP contribution is 2.31. The van der Waals surface area contributed by atoms with Gasteiger partial charge in [0.15, 0.2) is 0 Å². The van der Waals surface area contributed by atoms with Gasteiger partial charge in [-0.05, 0) is 88.5 Å². The zero-order valence-electron chi connectivity index (χ0n) is 22.0. The van der Waals surface area contributed by atoms with Crippen LogP contribution in [0.4, 0.5) is 4.79 Å². The first kappa shape index (κ1) is 24.8. The van der Waals surface area contributed by atoms with E-state index in [9.17, 15) is 9.59 Å². The molecule has 3 aliphatic rings. The fourth-order valence-corrected chi connectivity index (χ4v) is 5.89. The lowest BCUT2D eigenvalue weighted by Crippen LogP contribution is -2.44. The van der Waals surface area contributed by atoms with Crippen molar-refractivity contribution in [3.8, 4) is 5.69 Å². The third-order valence-electron chi connectivity index (χ3n) is 7.77. The Morgan fingerprint density at radius 3 is 2.69 bits per heavy atom. The standard InChI is InChI=1S/C30H39N3O3/c1-30(2,3)36-29(35)32-17-7-10-24(28(32)34)19-25-27-16-14-23-18-22(12-11-21-8-5-4-6-9-21)13-15-26(23)33(27)20-31-25/h13,15,18-21H,4-12,14,16-17H2,1-3H3/b24-19+. The van der Waals surface area contributed by atoms with Crippen molar-refractivity contribution in [3.05, 3.63) is 52.6 Å². The minimum absolute atomic E-state index is 0.268. The second kappa shape index (κ2) is 10.2. The van der Waals surface area contributed by atoms with Crippen LogP contribution in [-0.2, 0) is 28.8 Å². The first-order valence-corrected chi connectivity index (χ1v) is 13.7. The summed E-state index contributed by atoms with van der Waals surface area (Å²) in [5, 5.41) is 0. The van der Waals surface area contributed by atoms with Gasteiger partial charge >= 0.3 is 6.09 Å². The van der Waals surface area contributed by atoms with Crippen molar-refractivity contribution < 1.29 is 14.3 Å². The fourth-order valence-electron chi connectivity index (χ4n) is 5.89. The fraction of sp³-hybridized carbons (Fsp3) is 0.567. The highest BCUT2D eigenvalue weighted by atomic mass is 16.6. The summed E-state index contributed by atoms with van der Waals surface area (Å²) >= 11 is 0. The number of rotatable bonds is 4. The van der Waals surface area contributed by atoms with Crippen LogP contribution in [0.2, 0.25) is 0 Å². The molecule has 1 saturated heterocycles. The van der Waals surface area contributed by atoms with E-state index in [1.807, 2.05) is 33.2 Å². The molecule has 0 radical (unpaired) electrons. The number of amides is 2. The number of hydrogen-bond acceptors (Lipinski definition) is 4. The Hall–Kier alpha value is -2.89. The maximum Gasteiger partial charge on any atom is 0.417 e. The number of carbonyl (C=O) groups excluding carboxylic acids is 2. The van der Waals surface area contributed by atoms with Crippen LogP contribution in [0, 0.1) is 5.92 Å². The minimum Gasteiger partial charge on any atom is -0.443 e. The van der Waals surface area contributed by atoms with Gasteiger partial charge in [-0.15, -0.1) is 0 Å². The van der Waals surface area contributed by atoms with Crippen molar-refractivity contribution in [2.45, 2.75) is 97.0 Å². The van der Waals surface area contributed by atoms with Gasteiger partial charge in [0.1, 0.15) is 11.9 Å². The Morgan fingerprint density at radius 2 is 1.92 bits per heavy atom. The van der Waals surface area contributed by atoms with E-state index in [2.05, 4.69) is 27.8 Å². The van der Waals surface area contributed by atoms with Gasteiger partial charge in [0, 0.05) is 12.1 Å². The van der Waals surface area contributed by atoms with E-state index < -0.39 is 11.7 Å². The lowest BCUT2D eigenvalue weighted by atomic mass is 9.85. The molecule has 0 atom stereocenters. The Kier molecular flexibility index (Phi) is 7.05. The number of likely N-dealkylation sites (tertiary alicyclic amines) is 1. The SMILES string of the molecule is CC(C)(C)OC(=O)N1CCC/C(=C\c2ncn3c2CCc2cc(CCC4CCCCC4)ccc2-3)C1=O. The van der Waals surface area contributed by atoms with Crippen LogP contribution >= 0.6 is 0 Å². The summed E-state index contributed by atoms with van der Waals surface area (Å²) in [7, 11) is 0. The molecule has 1 aromatic carbocycles. The maximum atomic E-state index is 13.1. The molecule has 5 rings (SSSR count). The van der Waals surface area contributed by atoms with Crippen molar-refractivity contribution >= 4 is 18.1 Å². The summed E-state index contributed by atoms with van der Waals surface area (Å²) in [5.74, 6) is 0.635. The van der Waals surface area contributed by atoms with Gasteiger partial charge in [0.2, 0.25) is 0 Å². The van der Waals surface area contributed by atoms with Crippen molar-refractivity contribution in [2.75, 3.05) is 6.54 Å². The lowest BCUT2D eigenvalue weighted by molar-refractivity contribution is -0.127. The Morgan fingerprint density at radius 1 is 1.11 bits per heavy atom. The summed E-state index contributed by atoms with van der Waals surface area (Å²) < 4.78 is 7.62. The molecule has 192 valence electrons. The van der Waals surface area contributed by atoms with Crippen LogP contribution in [0.25, 0.3) is 11.8 Å². The van der Waals surface area contributed by atoms with E-state index in [1.54, 1.807) is 0 Å². The minimum atomic E-state index is -0.634. The number of fused-ring (bicyclic) bond motifs is 3. The zero-order chi connectivity index (χ0) is 25.3. The van der Waals surface area contributed by atoms with E-state index >= 15 is 0 Å². The van der Waals surface area contributed by atoms with E-state index in [0.29, 0.717) is 18.5 Å². The Balaban J connectivity index is 1.31. The number of benzene rings is 1. The summed E-state index contributed by atoms with van der Waals surface area (Å²) in [6, 6.07) is 6.91. The molecule has 0 bridgehead atoms. The molecular formula is C30H39N3O3. The zero-order valence-corrected chi connectivity index (χ0v) is 22.0. The van der Waals surface area contributed by atoms with Crippen molar-refractivity contribution in [1.29, 1.82) is 0 Å². The maximum absolute atomic E-state index is 13.1. The van der Waals surface area contributed by atoms with Crippen LogP contribution < -0.4 is 0 Å². The average molecular weight is 490 g/mol.